The van der Waals surface area contributed by atoms with Crippen LogP contribution in [0, 0.1) is 0 Å². The molecule has 0 heterocycles. The van der Waals surface area contributed by atoms with Crippen LogP contribution in [0.5, 0.6) is 5.75 Å². The number of rotatable bonds is 9. The molecule has 1 N–H and O–H groups in total. The highest BCUT2D eigenvalue weighted by molar-refractivity contribution is 6.89. The first-order valence-corrected chi connectivity index (χ1v) is 12.2. The lowest BCUT2D eigenvalue weighted by Gasteiger charge is -2.23. The summed E-state index contributed by atoms with van der Waals surface area (Å²) >= 11 is 0. The molecule has 0 aromatic heterocycles. The second-order valence-electron chi connectivity index (χ2n) is 7.01. The van der Waals surface area contributed by atoms with Gasteiger partial charge in [-0.05, 0) is 23.3 Å². The van der Waals surface area contributed by atoms with E-state index in [9.17, 15) is 0 Å². The van der Waals surface area contributed by atoms with Gasteiger partial charge in [-0.1, -0.05) is 80.5 Å². The molecule has 24 heavy (non-hydrogen) atoms. The maximum absolute atomic E-state index is 8.79. The van der Waals surface area contributed by atoms with E-state index in [4.69, 9.17) is 9.84 Å². The third-order valence-electron chi connectivity index (χ3n) is 4.58. The molecule has 0 bridgehead atoms. The lowest BCUT2D eigenvalue weighted by molar-refractivity contribution is 0.233. The van der Waals surface area contributed by atoms with Gasteiger partial charge >= 0.3 is 0 Å². The van der Waals surface area contributed by atoms with Gasteiger partial charge in [-0.2, -0.15) is 0 Å². The van der Waals surface area contributed by atoms with Gasteiger partial charge in [0.2, 0.25) is 0 Å². The van der Waals surface area contributed by atoms with Crippen molar-refractivity contribution in [1.29, 1.82) is 0 Å². The maximum atomic E-state index is 8.79. The number of aliphatic hydroxyl groups excluding tert-OH is 1. The third kappa shape index (κ3) is 5.22. The van der Waals surface area contributed by atoms with Crippen LogP contribution in [0.2, 0.25) is 19.1 Å². The van der Waals surface area contributed by atoms with Crippen LogP contribution in [-0.4, -0.2) is 26.4 Å². The second-order valence-corrected chi connectivity index (χ2v) is 11.9. The lowest BCUT2D eigenvalue weighted by atomic mass is 10.1. The Morgan fingerprint density at radius 2 is 1.46 bits per heavy atom. The highest BCUT2D eigenvalue weighted by Gasteiger charge is 2.22. The normalized spacial score (nSPS) is 11.5. The standard InChI is InChI=1S/C21H30O2Si/c1-4-5-17-24(2,3)21-13-9-19(10-14-21)18-7-11-20(12-8-18)23-16-6-15-22/h7-14,22H,4-6,15-17H2,1-3H3. The van der Waals surface area contributed by atoms with Crippen molar-refractivity contribution >= 4 is 13.3 Å². The van der Waals surface area contributed by atoms with E-state index in [0.717, 1.165) is 5.75 Å². The number of ether oxygens (including phenoxy) is 1. The molecule has 130 valence electrons. The molecule has 0 aliphatic rings. The van der Waals surface area contributed by atoms with Crippen LogP contribution in [0.15, 0.2) is 48.5 Å². The van der Waals surface area contributed by atoms with Crippen LogP contribution >= 0.6 is 0 Å². The van der Waals surface area contributed by atoms with E-state index in [1.165, 1.54) is 30.0 Å². The van der Waals surface area contributed by atoms with Crippen molar-refractivity contribution in [2.24, 2.45) is 0 Å². The fraction of sp³-hybridized carbons (Fsp3) is 0.429. The second kappa shape index (κ2) is 9.05. The molecule has 2 rings (SSSR count). The topological polar surface area (TPSA) is 29.5 Å². The molecule has 2 aromatic rings. The highest BCUT2D eigenvalue weighted by Crippen LogP contribution is 2.23. The molecule has 0 aliphatic carbocycles. The smallest absolute Gasteiger partial charge is 0.119 e. The van der Waals surface area contributed by atoms with Crippen molar-refractivity contribution in [2.45, 2.75) is 45.3 Å². The largest absolute Gasteiger partial charge is 0.494 e. The van der Waals surface area contributed by atoms with E-state index in [1.54, 1.807) is 5.19 Å². The van der Waals surface area contributed by atoms with E-state index in [2.05, 4.69) is 56.4 Å². The summed E-state index contributed by atoms with van der Waals surface area (Å²) in [5.74, 6) is 0.858. The molecule has 0 saturated carbocycles. The molecular weight excluding hydrogens is 312 g/mol. The summed E-state index contributed by atoms with van der Waals surface area (Å²) in [6, 6.07) is 18.7. The molecule has 0 spiro atoms. The Morgan fingerprint density at radius 1 is 0.875 bits per heavy atom. The highest BCUT2D eigenvalue weighted by atomic mass is 28.3. The molecule has 0 aliphatic heterocycles. The number of aliphatic hydroxyl groups is 1. The molecule has 0 saturated heterocycles. The van der Waals surface area contributed by atoms with Gasteiger partial charge in [0.15, 0.2) is 0 Å². The van der Waals surface area contributed by atoms with E-state index in [0.29, 0.717) is 13.0 Å². The summed E-state index contributed by atoms with van der Waals surface area (Å²) in [5, 5.41) is 10.3. The zero-order valence-corrected chi connectivity index (χ0v) is 16.2. The molecule has 0 unspecified atom stereocenters. The molecule has 0 atom stereocenters. The number of unbranched alkanes of at least 4 members (excludes halogenated alkanes) is 1. The molecule has 2 nitrogen and oxygen atoms in total. The third-order valence-corrected chi connectivity index (χ3v) is 8.08. The average Bonchev–Trinajstić information content (AvgIpc) is 2.61. The van der Waals surface area contributed by atoms with Crippen LogP contribution in [0.1, 0.15) is 26.2 Å². The van der Waals surface area contributed by atoms with Gasteiger partial charge in [-0.15, -0.1) is 0 Å². The molecule has 3 heteroatoms. The van der Waals surface area contributed by atoms with Crippen molar-refractivity contribution < 1.29 is 9.84 Å². The summed E-state index contributed by atoms with van der Waals surface area (Å²) in [6.45, 7) is 7.93. The molecule has 0 radical (unpaired) electrons. The lowest BCUT2D eigenvalue weighted by Crippen LogP contribution is -2.40. The molecule has 0 fully saturated rings. The van der Waals surface area contributed by atoms with Crippen LogP contribution in [0.3, 0.4) is 0 Å². The van der Waals surface area contributed by atoms with Gasteiger partial charge < -0.3 is 9.84 Å². The first-order chi connectivity index (χ1) is 11.6. The van der Waals surface area contributed by atoms with Gasteiger partial charge in [0.05, 0.1) is 14.7 Å². The summed E-state index contributed by atoms with van der Waals surface area (Å²) in [4.78, 5) is 0. The van der Waals surface area contributed by atoms with Gasteiger partial charge in [0.1, 0.15) is 5.75 Å². The summed E-state index contributed by atoms with van der Waals surface area (Å²) in [7, 11) is -1.29. The minimum atomic E-state index is -1.29. The fourth-order valence-corrected chi connectivity index (χ4v) is 5.47. The van der Waals surface area contributed by atoms with Crippen LogP contribution < -0.4 is 9.92 Å². The van der Waals surface area contributed by atoms with Gasteiger partial charge in [0.25, 0.3) is 0 Å². The van der Waals surface area contributed by atoms with Gasteiger partial charge in [-0.25, -0.2) is 0 Å². The molecule has 2 aromatic carbocycles. The van der Waals surface area contributed by atoms with Crippen molar-refractivity contribution in [3.63, 3.8) is 0 Å². The number of benzene rings is 2. The Kier molecular flexibility index (Phi) is 7.07. The van der Waals surface area contributed by atoms with Crippen LogP contribution in [0.4, 0.5) is 0 Å². The molecule has 0 amide bonds. The summed E-state index contributed by atoms with van der Waals surface area (Å²) in [5.41, 5.74) is 2.46. The minimum absolute atomic E-state index is 0.169. The van der Waals surface area contributed by atoms with Crippen molar-refractivity contribution in [1.82, 2.24) is 0 Å². The summed E-state index contributed by atoms with van der Waals surface area (Å²) in [6.07, 6.45) is 3.28. The fourth-order valence-electron chi connectivity index (χ4n) is 2.88. The van der Waals surface area contributed by atoms with Gasteiger partial charge in [-0.3, -0.25) is 0 Å². The number of hydrogen-bond donors (Lipinski definition) is 1. The quantitative estimate of drug-likeness (QED) is 0.522. The molecular formula is C21H30O2Si. The van der Waals surface area contributed by atoms with Crippen molar-refractivity contribution in [2.75, 3.05) is 13.2 Å². The maximum Gasteiger partial charge on any atom is 0.119 e. The monoisotopic (exact) mass is 342 g/mol. The Labute approximate surface area is 147 Å². The Bertz CT molecular complexity index is 603. The average molecular weight is 343 g/mol. The predicted molar refractivity (Wildman–Crippen MR) is 106 cm³/mol. The van der Waals surface area contributed by atoms with Crippen molar-refractivity contribution in [3.05, 3.63) is 48.5 Å². The zero-order chi connectivity index (χ0) is 17.4. The first-order valence-electron chi connectivity index (χ1n) is 9.01. The Morgan fingerprint density at radius 3 is 2.00 bits per heavy atom. The van der Waals surface area contributed by atoms with Crippen LogP contribution in [0.25, 0.3) is 11.1 Å². The Hall–Kier alpha value is -1.58. The first kappa shape index (κ1) is 18.8. The van der Waals surface area contributed by atoms with E-state index in [1.807, 2.05) is 12.1 Å². The number of hydrogen-bond acceptors (Lipinski definition) is 2. The van der Waals surface area contributed by atoms with Crippen LogP contribution in [-0.2, 0) is 0 Å². The van der Waals surface area contributed by atoms with E-state index >= 15 is 0 Å². The zero-order valence-electron chi connectivity index (χ0n) is 15.2. The minimum Gasteiger partial charge on any atom is -0.494 e. The SMILES string of the molecule is CCCC[Si](C)(C)c1ccc(-c2ccc(OCCCO)cc2)cc1. The predicted octanol–water partition coefficient (Wildman–Crippen LogP) is 4.83. The summed E-state index contributed by atoms with van der Waals surface area (Å²) < 4.78 is 5.58. The van der Waals surface area contributed by atoms with E-state index in [-0.39, 0.29) is 6.61 Å². The van der Waals surface area contributed by atoms with Gasteiger partial charge in [0, 0.05) is 13.0 Å². The van der Waals surface area contributed by atoms with Crippen molar-refractivity contribution in [3.8, 4) is 16.9 Å². The Balaban J connectivity index is 2.05. The van der Waals surface area contributed by atoms with E-state index < -0.39 is 8.07 Å².